The number of fused-ring (bicyclic) bond motifs is 1. The first-order chi connectivity index (χ1) is 15.3. The van der Waals surface area contributed by atoms with Gasteiger partial charge in [0, 0.05) is 6.07 Å². The van der Waals surface area contributed by atoms with Crippen LogP contribution in [-0.2, 0) is 0 Å². The van der Waals surface area contributed by atoms with Crippen molar-refractivity contribution < 1.29 is 4.39 Å². The van der Waals surface area contributed by atoms with Gasteiger partial charge >= 0.3 is 0 Å². The maximum absolute atomic E-state index is 13.9. The third-order valence-electron chi connectivity index (χ3n) is 4.72. The van der Waals surface area contributed by atoms with Crippen LogP contribution in [0.25, 0.3) is 16.6 Å². The average molecular weight is 451 g/mol. The van der Waals surface area contributed by atoms with Crippen molar-refractivity contribution in [1.29, 1.82) is 5.26 Å². The van der Waals surface area contributed by atoms with Gasteiger partial charge in [0.1, 0.15) is 34.9 Å². The first kappa shape index (κ1) is 21.1. The zero-order chi connectivity index (χ0) is 23.0. The number of pyridine rings is 1. The zero-order valence-corrected chi connectivity index (χ0v) is 17.7. The van der Waals surface area contributed by atoms with Crippen LogP contribution in [0.5, 0.6) is 0 Å². The Morgan fingerprint density at radius 1 is 1.28 bits per heavy atom. The number of rotatable bonds is 4. The minimum Gasteiger partial charge on any atom is -0.382 e. The summed E-state index contributed by atoms with van der Waals surface area (Å²) in [7, 11) is 0. The highest BCUT2D eigenvalue weighted by molar-refractivity contribution is 6.35. The van der Waals surface area contributed by atoms with E-state index in [-0.39, 0.29) is 39.1 Å². The van der Waals surface area contributed by atoms with Gasteiger partial charge in [0.05, 0.1) is 40.0 Å². The molecule has 1 aromatic carbocycles. The Morgan fingerprint density at radius 3 is 2.78 bits per heavy atom. The molecule has 32 heavy (non-hydrogen) atoms. The van der Waals surface area contributed by atoms with Crippen molar-refractivity contribution >= 4 is 34.1 Å². The molecule has 0 fully saturated rings. The molecule has 0 spiro atoms. The standard InChI is InChI=1S/C21H16ClFN8O/c1-10(27-19-14(7-24)18(25)28-11(2)29-19)20-30-16-5-3-4-15(22)17(16)21(32)31(20)13-6-12(23)8-26-9-13/h3-6,8-10H,1-2H3,(H3,25,27,28,29)/t10-/m0/s1. The Balaban J connectivity index is 1.95. The fraction of sp³-hybridized carbons (Fsp3) is 0.143. The lowest BCUT2D eigenvalue weighted by Gasteiger charge is -2.21. The van der Waals surface area contributed by atoms with Crippen LogP contribution in [-0.4, -0.2) is 24.5 Å². The Bertz CT molecular complexity index is 1460. The highest BCUT2D eigenvalue weighted by Gasteiger charge is 2.22. The van der Waals surface area contributed by atoms with Crippen LogP contribution in [0.15, 0.2) is 41.5 Å². The summed E-state index contributed by atoms with van der Waals surface area (Å²) >= 11 is 6.26. The number of aryl methyl sites for hydroxylation is 1. The molecule has 11 heteroatoms. The predicted octanol–water partition coefficient (Wildman–Crippen LogP) is 3.30. The second kappa shape index (κ2) is 8.20. The van der Waals surface area contributed by atoms with E-state index in [0.717, 1.165) is 6.20 Å². The van der Waals surface area contributed by atoms with Crippen LogP contribution in [0.3, 0.4) is 0 Å². The van der Waals surface area contributed by atoms with Crippen LogP contribution in [0.2, 0.25) is 5.02 Å². The van der Waals surface area contributed by atoms with Gasteiger partial charge in [-0.15, -0.1) is 0 Å². The summed E-state index contributed by atoms with van der Waals surface area (Å²) in [5.41, 5.74) is 5.96. The SMILES string of the molecule is Cc1nc(N)c(C#N)c(N[C@@H](C)c2nc3cccc(Cl)c3c(=O)n2-c2cncc(F)c2)n1. The molecule has 9 nitrogen and oxygen atoms in total. The second-order valence-electron chi connectivity index (χ2n) is 6.96. The maximum atomic E-state index is 13.9. The lowest BCUT2D eigenvalue weighted by Crippen LogP contribution is -2.28. The van der Waals surface area contributed by atoms with E-state index in [9.17, 15) is 14.4 Å². The van der Waals surface area contributed by atoms with Crippen LogP contribution in [0.1, 0.15) is 30.2 Å². The van der Waals surface area contributed by atoms with E-state index in [1.54, 1.807) is 32.0 Å². The minimum absolute atomic E-state index is 0.0275. The van der Waals surface area contributed by atoms with Gasteiger partial charge < -0.3 is 11.1 Å². The van der Waals surface area contributed by atoms with Gasteiger partial charge in [0.15, 0.2) is 5.82 Å². The van der Waals surface area contributed by atoms with Gasteiger partial charge in [-0.2, -0.15) is 5.26 Å². The van der Waals surface area contributed by atoms with Crippen molar-refractivity contribution in [3.63, 3.8) is 0 Å². The van der Waals surface area contributed by atoms with E-state index in [4.69, 9.17) is 17.3 Å². The van der Waals surface area contributed by atoms with Crippen molar-refractivity contribution in [3.05, 3.63) is 75.1 Å². The molecule has 0 saturated carbocycles. The smallest absolute Gasteiger partial charge is 0.267 e. The van der Waals surface area contributed by atoms with E-state index >= 15 is 0 Å². The van der Waals surface area contributed by atoms with Crippen molar-refractivity contribution in [2.75, 3.05) is 11.1 Å². The Morgan fingerprint density at radius 2 is 2.06 bits per heavy atom. The normalized spacial score (nSPS) is 11.8. The van der Waals surface area contributed by atoms with Gasteiger partial charge in [-0.25, -0.2) is 19.3 Å². The molecule has 0 bridgehead atoms. The summed E-state index contributed by atoms with van der Waals surface area (Å²) in [5, 5.41) is 12.9. The Kier molecular flexibility index (Phi) is 5.42. The number of benzene rings is 1. The summed E-state index contributed by atoms with van der Waals surface area (Å²) < 4.78 is 15.2. The first-order valence-corrected chi connectivity index (χ1v) is 9.80. The Hall–Kier alpha value is -4.10. The van der Waals surface area contributed by atoms with Gasteiger partial charge in [-0.3, -0.25) is 14.3 Å². The third-order valence-corrected chi connectivity index (χ3v) is 5.04. The monoisotopic (exact) mass is 450 g/mol. The molecule has 0 radical (unpaired) electrons. The van der Waals surface area contributed by atoms with Crippen LogP contribution >= 0.6 is 11.6 Å². The molecule has 3 N–H and O–H groups in total. The molecular weight excluding hydrogens is 435 g/mol. The fourth-order valence-corrected chi connectivity index (χ4v) is 3.60. The number of hydrogen-bond donors (Lipinski definition) is 2. The van der Waals surface area contributed by atoms with E-state index in [1.165, 1.54) is 16.8 Å². The molecule has 3 heterocycles. The number of halogens is 2. The molecule has 1 atom stereocenters. The molecule has 0 aliphatic rings. The summed E-state index contributed by atoms with van der Waals surface area (Å²) in [5.74, 6) is 0.192. The number of hydrogen-bond acceptors (Lipinski definition) is 8. The molecular formula is C21H16ClFN8O. The number of nitrogens with zero attached hydrogens (tertiary/aromatic N) is 6. The second-order valence-corrected chi connectivity index (χ2v) is 7.37. The predicted molar refractivity (Wildman–Crippen MR) is 118 cm³/mol. The molecule has 3 aromatic heterocycles. The molecule has 0 unspecified atom stereocenters. The number of aromatic nitrogens is 5. The number of nitrogens with one attached hydrogen (secondary N) is 1. The van der Waals surface area contributed by atoms with Crippen molar-refractivity contribution in [1.82, 2.24) is 24.5 Å². The first-order valence-electron chi connectivity index (χ1n) is 9.43. The number of nitrogen functional groups attached to an aromatic ring is 1. The van der Waals surface area contributed by atoms with Crippen LogP contribution < -0.4 is 16.6 Å². The van der Waals surface area contributed by atoms with Crippen LogP contribution in [0, 0.1) is 24.1 Å². The third kappa shape index (κ3) is 3.70. The van der Waals surface area contributed by atoms with E-state index < -0.39 is 17.4 Å². The highest BCUT2D eigenvalue weighted by Crippen LogP contribution is 2.26. The number of nitrogens with two attached hydrogens (primary N) is 1. The molecule has 160 valence electrons. The largest absolute Gasteiger partial charge is 0.382 e. The fourth-order valence-electron chi connectivity index (χ4n) is 3.35. The lowest BCUT2D eigenvalue weighted by molar-refractivity contribution is 0.617. The van der Waals surface area contributed by atoms with E-state index in [2.05, 4.69) is 25.3 Å². The molecule has 4 rings (SSSR count). The van der Waals surface area contributed by atoms with E-state index in [0.29, 0.717) is 11.3 Å². The maximum Gasteiger partial charge on any atom is 0.267 e. The lowest BCUT2D eigenvalue weighted by atomic mass is 10.2. The van der Waals surface area contributed by atoms with Crippen molar-refractivity contribution in [2.45, 2.75) is 19.9 Å². The highest BCUT2D eigenvalue weighted by atomic mass is 35.5. The van der Waals surface area contributed by atoms with Crippen molar-refractivity contribution in [3.8, 4) is 11.8 Å². The average Bonchev–Trinajstić information content (AvgIpc) is 2.73. The molecule has 4 aromatic rings. The van der Waals surface area contributed by atoms with E-state index in [1.807, 2.05) is 6.07 Å². The zero-order valence-electron chi connectivity index (χ0n) is 17.0. The molecule has 0 aliphatic heterocycles. The van der Waals surface area contributed by atoms with Gasteiger partial charge in [-0.1, -0.05) is 17.7 Å². The topological polar surface area (TPSA) is 135 Å². The summed E-state index contributed by atoms with van der Waals surface area (Å²) in [4.78, 5) is 30.1. The van der Waals surface area contributed by atoms with Gasteiger partial charge in [-0.05, 0) is 26.0 Å². The molecule has 0 saturated heterocycles. The summed E-state index contributed by atoms with van der Waals surface area (Å²) in [6, 6.07) is 7.39. The number of anilines is 2. The van der Waals surface area contributed by atoms with Gasteiger partial charge in [0.25, 0.3) is 5.56 Å². The van der Waals surface area contributed by atoms with Crippen LogP contribution in [0.4, 0.5) is 16.0 Å². The summed E-state index contributed by atoms with van der Waals surface area (Å²) in [6.07, 6.45) is 2.38. The molecule has 0 aliphatic carbocycles. The number of nitriles is 1. The Labute approximate surface area is 186 Å². The minimum atomic E-state index is -0.657. The molecule has 0 amide bonds. The quantitative estimate of drug-likeness (QED) is 0.483. The van der Waals surface area contributed by atoms with Gasteiger partial charge in [0.2, 0.25) is 0 Å². The van der Waals surface area contributed by atoms with Crippen molar-refractivity contribution in [2.24, 2.45) is 0 Å². The summed E-state index contributed by atoms with van der Waals surface area (Å²) in [6.45, 7) is 3.36.